The molecule has 0 unspecified atom stereocenters. The Balaban J connectivity index is 1.76. The standard InChI is InChI=1S/C17H18N4O3S/c1-11-4-6-15(12(2)8-11)25(22,23)21-16-7-5-14(10-18-16)19-17-9-13(3)24-20-17/h4-10H,1-3H3,(H,18,21)(H,19,20). The summed E-state index contributed by atoms with van der Waals surface area (Å²) in [5.74, 6) is 1.48. The second-order valence-electron chi connectivity index (χ2n) is 5.75. The molecule has 3 aromatic rings. The molecule has 2 heterocycles. The fraction of sp³-hybridized carbons (Fsp3) is 0.176. The van der Waals surface area contributed by atoms with Gasteiger partial charge in [-0.15, -0.1) is 0 Å². The zero-order valence-corrected chi connectivity index (χ0v) is 14.9. The molecular weight excluding hydrogens is 340 g/mol. The van der Waals surface area contributed by atoms with E-state index in [1.807, 2.05) is 13.0 Å². The first-order chi connectivity index (χ1) is 11.8. The van der Waals surface area contributed by atoms with Crippen LogP contribution in [0.25, 0.3) is 0 Å². The number of sulfonamides is 1. The highest BCUT2D eigenvalue weighted by Crippen LogP contribution is 2.21. The first-order valence-electron chi connectivity index (χ1n) is 7.60. The average Bonchev–Trinajstić information content (AvgIpc) is 2.93. The minimum absolute atomic E-state index is 0.236. The maximum atomic E-state index is 12.5. The molecular formula is C17H18N4O3S. The first-order valence-corrected chi connectivity index (χ1v) is 9.08. The molecule has 0 aliphatic carbocycles. The molecule has 0 saturated heterocycles. The van der Waals surface area contributed by atoms with Crippen molar-refractivity contribution in [3.05, 3.63) is 59.5 Å². The molecule has 130 valence electrons. The molecule has 7 nitrogen and oxygen atoms in total. The van der Waals surface area contributed by atoms with Crippen LogP contribution in [0.5, 0.6) is 0 Å². The predicted molar refractivity (Wildman–Crippen MR) is 95.5 cm³/mol. The second-order valence-corrected chi connectivity index (χ2v) is 7.41. The van der Waals surface area contributed by atoms with Crippen molar-refractivity contribution in [3.8, 4) is 0 Å². The number of pyridine rings is 1. The second kappa shape index (κ2) is 6.56. The molecule has 25 heavy (non-hydrogen) atoms. The van der Waals surface area contributed by atoms with Gasteiger partial charge in [0.2, 0.25) is 0 Å². The van der Waals surface area contributed by atoms with E-state index in [2.05, 4.69) is 20.2 Å². The number of rotatable bonds is 5. The lowest BCUT2D eigenvalue weighted by Gasteiger charge is -2.11. The van der Waals surface area contributed by atoms with Crippen molar-refractivity contribution in [1.29, 1.82) is 0 Å². The van der Waals surface area contributed by atoms with Crippen molar-refractivity contribution in [2.75, 3.05) is 10.0 Å². The third kappa shape index (κ3) is 3.97. The smallest absolute Gasteiger partial charge is 0.263 e. The van der Waals surface area contributed by atoms with Crippen LogP contribution in [-0.2, 0) is 10.0 Å². The molecule has 0 saturated carbocycles. The molecule has 0 aliphatic rings. The fourth-order valence-corrected chi connectivity index (χ4v) is 3.63. The maximum absolute atomic E-state index is 12.5. The summed E-state index contributed by atoms with van der Waals surface area (Å²) < 4.78 is 32.5. The van der Waals surface area contributed by atoms with Gasteiger partial charge in [0.05, 0.1) is 16.8 Å². The number of hydrogen-bond acceptors (Lipinski definition) is 6. The van der Waals surface area contributed by atoms with Crippen LogP contribution in [0.1, 0.15) is 16.9 Å². The number of anilines is 3. The monoisotopic (exact) mass is 358 g/mol. The van der Waals surface area contributed by atoms with Gasteiger partial charge in [0.1, 0.15) is 11.6 Å². The summed E-state index contributed by atoms with van der Waals surface area (Å²) in [6, 6.07) is 10.2. The van der Waals surface area contributed by atoms with E-state index in [4.69, 9.17) is 4.52 Å². The van der Waals surface area contributed by atoms with Crippen molar-refractivity contribution in [2.24, 2.45) is 0 Å². The van der Waals surface area contributed by atoms with Gasteiger partial charge >= 0.3 is 0 Å². The van der Waals surface area contributed by atoms with E-state index in [1.165, 1.54) is 6.20 Å². The van der Waals surface area contributed by atoms with E-state index < -0.39 is 10.0 Å². The van der Waals surface area contributed by atoms with Gasteiger partial charge in [0, 0.05) is 6.07 Å². The van der Waals surface area contributed by atoms with Gasteiger partial charge in [-0.25, -0.2) is 13.4 Å². The number of benzene rings is 1. The van der Waals surface area contributed by atoms with Crippen LogP contribution >= 0.6 is 0 Å². The Morgan fingerprint density at radius 3 is 2.40 bits per heavy atom. The highest BCUT2D eigenvalue weighted by Gasteiger charge is 2.17. The molecule has 2 aromatic heterocycles. The van der Waals surface area contributed by atoms with Gasteiger partial charge < -0.3 is 9.84 Å². The Labute approximate surface area is 146 Å². The highest BCUT2D eigenvalue weighted by atomic mass is 32.2. The zero-order chi connectivity index (χ0) is 18.0. The van der Waals surface area contributed by atoms with Gasteiger partial charge in [0.25, 0.3) is 10.0 Å². The number of aromatic nitrogens is 2. The SMILES string of the molecule is Cc1ccc(S(=O)(=O)Nc2ccc(Nc3cc(C)on3)cn2)c(C)c1. The molecule has 1 aromatic carbocycles. The summed E-state index contributed by atoms with van der Waals surface area (Å²) in [4.78, 5) is 4.36. The normalized spacial score (nSPS) is 11.3. The molecule has 0 radical (unpaired) electrons. The van der Waals surface area contributed by atoms with Gasteiger partial charge in [-0.05, 0) is 44.5 Å². The van der Waals surface area contributed by atoms with Crippen molar-refractivity contribution in [1.82, 2.24) is 10.1 Å². The molecule has 0 spiro atoms. The predicted octanol–water partition coefficient (Wildman–Crippen LogP) is 3.54. The molecule has 0 fully saturated rings. The molecule has 2 N–H and O–H groups in total. The lowest BCUT2D eigenvalue weighted by molar-refractivity contribution is 0.400. The summed E-state index contributed by atoms with van der Waals surface area (Å²) in [6.45, 7) is 5.48. The van der Waals surface area contributed by atoms with Gasteiger partial charge in [-0.1, -0.05) is 22.9 Å². The highest BCUT2D eigenvalue weighted by molar-refractivity contribution is 7.92. The van der Waals surface area contributed by atoms with Crippen molar-refractivity contribution in [3.63, 3.8) is 0 Å². The fourth-order valence-electron chi connectivity index (χ4n) is 2.39. The lowest BCUT2D eigenvalue weighted by atomic mass is 10.2. The summed E-state index contributed by atoms with van der Waals surface area (Å²) >= 11 is 0. The molecule has 0 amide bonds. The van der Waals surface area contributed by atoms with E-state index in [0.29, 0.717) is 22.8 Å². The third-order valence-corrected chi connectivity index (χ3v) is 5.04. The minimum atomic E-state index is -3.69. The summed E-state index contributed by atoms with van der Waals surface area (Å²) in [7, 11) is -3.69. The molecule has 8 heteroatoms. The summed E-state index contributed by atoms with van der Waals surface area (Å²) in [5.41, 5.74) is 2.36. The van der Waals surface area contributed by atoms with E-state index >= 15 is 0 Å². The van der Waals surface area contributed by atoms with Crippen molar-refractivity contribution < 1.29 is 12.9 Å². The summed E-state index contributed by atoms with van der Waals surface area (Å²) in [5, 5.41) is 6.84. The molecule has 0 aliphatic heterocycles. The Hall–Kier alpha value is -2.87. The topological polar surface area (TPSA) is 97.1 Å². The average molecular weight is 358 g/mol. The van der Waals surface area contributed by atoms with Gasteiger partial charge in [0.15, 0.2) is 5.82 Å². The van der Waals surface area contributed by atoms with Crippen molar-refractivity contribution in [2.45, 2.75) is 25.7 Å². The van der Waals surface area contributed by atoms with Crippen LogP contribution < -0.4 is 10.0 Å². The van der Waals surface area contributed by atoms with Crippen LogP contribution in [0.4, 0.5) is 17.3 Å². The van der Waals surface area contributed by atoms with Crippen LogP contribution in [0.3, 0.4) is 0 Å². The lowest BCUT2D eigenvalue weighted by Crippen LogP contribution is -2.15. The largest absolute Gasteiger partial charge is 0.360 e. The van der Waals surface area contributed by atoms with E-state index in [9.17, 15) is 8.42 Å². The number of hydrogen-bond donors (Lipinski definition) is 2. The molecule has 0 bridgehead atoms. The van der Waals surface area contributed by atoms with Crippen LogP contribution in [0.15, 0.2) is 52.0 Å². The Morgan fingerprint density at radius 2 is 1.80 bits per heavy atom. The quantitative estimate of drug-likeness (QED) is 0.724. The number of aryl methyl sites for hydroxylation is 3. The summed E-state index contributed by atoms with van der Waals surface area (Å²) in [6.07, 6.45) is 1.52. The van der Waals surface area contributed by atoms with Crippen molar-refractivity contribution >= 4 is 27.3 Å². The number of nitrogens with one attached hydrogen (secondary N) is 2. The minimum Gasteiger partial charge on any atom is -0.360 e. The zero-order valence-electron chi connectivity index (χ0n) is 14.1. The Kier molecular flexibility index (Phi) is 4.45. The van der Waals surface area contributed by atoms with Crippen LogP contribution in [-0.4, -0.2) is 18.6 Å². The van der Waals surface area contributed by atoms with Crippen LogP contribution in [0, 0.1) is 20.8 Å². The van der Waals surface area contributed by atoms with E-state index in [0.717, 1.165) is 5.56 Å². The van der Waals surface area contributed by atoms with Gasteiger partial charge in [-0.3, -0.25) is 4.72 Å². The maximum Gasteiger partial charge on any atom is 0.263 e. The molecule has 3 rings (SSSR count). The Morgan fingerprint density at radius 1 is 1.00 bits per heavy atom. The third-order valence-electron chi connectivity index (χ3n) is 3.52. The number of nitrogens with zero attached hydrogens (tertiary/aromatic N) is 2. The first kappa shape index (κ1) is 17.0. The molecule has 0 atom stereocenters. The van der Waals surface area contributed by atoms with E-state index in [1.54, 1.807) is 44.2 Å². The Bertz CT molecular complexity index is 995. The van der Waals surface area contributed by atoms with Crippen LogP contribution in [0.2, 0.25) is 0 Å². The van der Waals surface area contributed by atoms with Gasteiger partial charge in [-0.2, -0.15) is 0 Å². The van der Waals surface area contributed by atoms with E-state index in [-0.39, 0.29) is 10.7 Å².